The Hall–Kier alpha value is -1.03. The highest BCUT2D eigenvalue weighted by Gasteiger charge is 2.25. The van der Waals surface area contributed by atoms with E-state index in [2.05, 4.69) is 15.9 Å². The van der Waals surface area contributed by atoms with Crippen molar-refractivity contribution in [1.82, 2.24) is 0 Å². The van der Waals surface area contributed by atoms with Crippen molar-refractivity contribution in [3.8, 4) is 11.5 Å². The molecule has 4 heteroatoms. The predicted octanol–water partition coefficient (Wildman–Crippen LogP) is 1.73. The van der Waals surface area contributed by atoms with Gasteiger partial charge in [0.1, 0.15) is 17.1 Å². The fourth-order valence-electron chi connectivity index (χ4n) is 1.15. The van der Waals surface area contributed by atoms with Crippen molar-refractivity contribution in [2.75, 3.05) is 6.61 Å². The number of Topliss-reactive ketones (excluding diaryl/α,β-unsaturated/α-hetero) is 1. The molecule has 0 aromatic heterocycles. The summed E-state index contributed by atoms with van der Waals surface area (Å²) < 4.78 is 5.53. The van der Waals surface area contributed by atoms with Gasteiger partial charge in [0.15, 0.2) is 6.61 Å². The van der Waals surface area contributed by atoms with Crippen LogP contribution in [0.25, 0.3) is 0 Å². The van der Waals surface area contributed by atoms with Crippen LogP contribution in [0.1, 0.15) is 10.4 Å². The van der Waals surface area contributed by atoms with Crippen LogP contribution in [0.15, 0.2) is 16.6 Å². The highest BCUT2D eigenvalue weighted by atomic mass is 79.9. The third-order valence-electron chi connectivity index (χ3n) is 1.73. The molecule has 1 N–H and O–H groups in total. The number of aromatic hydroxyl groups is 1. The van der Waals surface area contributed by atoms with Crippen LogP contribution >= 0.6 is 15.9 Å². The summed E-state index contributed by atoms with van der Waals surface area (Å²) in [6.45, 7) is 0.0271. The molecular weight excluding hydrogens is 224 g/mol. The lowest BCUT2D eigenvalue weighted by atomic mass is 10.1. The van der Waals surface area contributed by atoms with Crippen LogP contribution in [-0.2, 0) is 0 Å². The molecule has 0 atom stereocenters. The van der Waals surface area contributed by atoms with Gasteiger partial charge in [-0.3, -0.25) is 4.79 Å². The predicted molar refractivity (Wildman–Crippen MR) is 45.6 cm³/mol. The number of benzene rings is 1. The number of hydrogen-bond acceptors (Lipinski definition) is 3. The number of carbonyl (C=O) groups excluding carboxylic acids is 1. The molecule has 1 heterocycles. The largest absolute Gasteiger partial charge is 0.506 e. The van der Waals surface area contributed by atoms with Gasteiger partial charge in [0.05, 0.1) is 4.47 Å². The topological polar surface area (TPSA) is 46.5 Å². The Kier molecular flexibility index (Phi) is 1.58. The molecule has 0 saturated heterocycles. The number of rotatable bonds is 0. The first-order valence-electron chi connectivity index (χ1n) is 3.37. The monoisotopic (exact) mass is 228 g/mol. The van der Waals surface area contributed by atoms with E-state index in [1.54, 1.807) is 12.1 Å². The van der Waals surface area contributed by atoms with Gasteiger partial charge in [0.2, 0.25) is 5.78 Å². The lowest BCUT2D eigenvalue weighted by molar-refractivity contribution is 0.0959. The Labute approximate surface area is 77.1 Å². The van der Waals surface area contributed by atoms with E-state index in [1.807, 2.05) is 0 Å². The van der Waals surface area contributed by atoms with Gasteiger partial charge in [-0.2, -0.15) is 0 Å². The number of ether oxygens (including phenoxy) is 1. The number of hydrogen-bond donors (Lipinski definition) is 1. The van der Waals surface area contributed by atoms with Crippen molar-refractivity contribution in [3.63, 3.8) is 0 Å². The molecule has 0 spiro atoms. The number of phenolic OH excluding ortho intramolecular Hbond substituents is 1. The Bertz CT molecular complexity index is 360. The van der Waals surface area contributed by atoms with Gasteiger partial charge in [0.25, 0.3) is 0 Å². The molecule has 12 heavy (non-hydrogen) atoms. The third-order valence-corrected chi connectivity index (χ3v) is 2.37. The minimum atomic E-state index is -0.177. The Morgan fingerprint density at radius 1 is 1.50 bits per heavy atom. The van der Waals surface area contributed by atoms with Crippen LogP contribution in [0.4, 0.5) is 0 Å². The summed E-state index contributed by atoms with van der Waals surface area (Å²) in [5, 5.41) is 9.44. The van der Waals surface area contributed by atoms with Crippen LogP contribution in [0.2, 0.25) is 0 Å². The fraction of sp³-hybridized carbons (Fsp3) is 0.125. The smallest absolute Gasteiger partial charge is 0.207 e. The van der Waals surface area contributed by atoms with Crippen molar-refractivity contribution >= 4 is 21.7 Å². The normalized spacial score (nSPS) is 14.2. The summed E-state index contributed by atoms with van der Waals surface area (Å²) in [7, 11) is 0. The molecule has 1 aliphatic heterocycles. The lowest BCUT2D eigenvalue weighted by Gasteiger charge is -2.00. The van der Waals surface area contributed by atoms with Crippen LogP contribution in [0.3, 0.4) is 0 Å². The summed E-state index contributed by atoms with van der Waals surface area (Å²) >= 11 is 3.12. The van der Waals surface area contributed by atoms with E-state index in [0.29, 0.717) is 10.2 Å². The second kappa shape index (κ2) is 2.48. The van der Waals surface area contributed by atoms with Crippen LogP contribution < -0.4 is 4.74 Å². The van der Waals surface area contributed by atoms with Gasteiger partial charge in [-0.25, -0.2) is 0 Å². The van der Waals surface area contributed by atoms with Crippen molar-refractivity contribution in [2.45, 2.75) is 0 Å². The van der Waals surface area contributed by atoms with Crippen molar-refractivity contribution < 1.29 is 14.6 Å². The summed E-state index contributed by atoms with van der Waals surface area (Å²) in [6.07, 6.45) is 0. The first-order chi connectivity index (χ1) is 5.70. The number of halogens is 1. The van der Waals surface area contributed by atoms with Gasteiger partial charge in [0, 0.05) is 0 Å². The van der Waals surface area contributed by atoms with Crippen molar-refractivity contribution in [2.24, 2.45) is 0 Å². The van der Waals surface area contributed by atoms with E-state index in [9.17, 15) is 9.90 Å². The molecule has 1 aliphatic rings. The average molecular weight is 229 g/mol. The molecule has 0 fully saturated rings. The Morgan fingerprint density at radius 2 is 2.25 bits per heavy atom. The zero-order valence-corrected chi connectivity index (χ0v) is 7.59. The second-order valence-corrected chi connectivity index (χ2v) is 3.34. The maximum atomic E-state index is 11.1. The summed E-state index contributed by atoms with van der Waals surface area (Å²) in [6, 6.07) is 3.30. The first kappa shape index (κ1) is 7.61. The summed E-state index contributed by atoms with van der Waals surface area (Å²) in [5.41, 5.74) is 0.282. The zero-order chi connectivity index (χ0) is 8.72. The first-order valence-corrected chi connectivity index (χ1v) is 4.17. The van der Waals surface area contributed by atoms with E-state index in [0.717, 1.165) is 0 Å². The maximum Gasteiger partial charge on any atom is 0.207 e. The molecule has 0 unspecified atom stereocenters. The van der Waals surface area contributed by atoms with E-state index in [4.69, 9.17) is 4.74 Å². The lowest BCUT2D eigenvalue weighted by Crippen LogP contribution is -1.99. The highest BCUT2D eigenvalue weighted by molar-refractivity contribution is 9.10. The fourth-order valence-corrected chi connectivity index (χ4v) is 1.48. The number of carbonyl (C=O) groups is 1. The van der Waals surface area contributed by atoms with Crippen LogP contribution in [-0.4, -0.2) is 17.5 Å². The molecule has 0 saturated carbocycles. The van der Waals surface area contributed by atoms with Crippen molar-refractivity contribution in [1.29, 1.82) is 0 Å². The molecule has 1 aromatic rings. The van der Waals surface area contributed by atoms with E-state index < -0.39 is 0 Å². The highest BCUT2D eigenvalue weighted by Crippen LogP contribution is 2.37. The average Bonchev–Trinajstić information content (AvgIpc) is 2.41. The van der Waals surface area contributed by atoms with Gasteiger partial charge < -0.3 is 9.84 Å². The number of ketones is 1. The molecule has 1 aromatic carbocycles. The molecule has 3 nitrogen and oxygen atoms in total. The van der Waals surface area contributed by atoms with Crippen LogP contribution in [0.5, 0.6) is 11.5 Å². The summed E-state index contributed by atoms with van der Waals surface area (Å²) in [4.78, 5) is 11.1. The van der Waals surface area contributed by atoms with Gasteiger partial charge in [-0.1, -0.05) is 0 Å². The molecule has 2 rings (SSSR count). The molecule has 0 aliphatic carbocycles. The maximum absolute atomic E-state index is 11.1. The van der Waals surface area contributed by atoms with E-state index in [-0.39, 0.29) is 23.7 Å². The standard InChI is InChI=1S/C8H5BrO3/c9-4-1-2-6-7(8(4)11)5(10)3-12-6/h1-2,11H,3H2. The molecule has 0 amide bonds. The van der Waals surface area contributed by atoms with Crippen molar-refractivity contribution in [3.05, 3.63) is 22.2 Å². The number of phenols is 1. The van der Waals surface area contributed by atoms with Gasteiger partial charge in [-0.05, 0) is 28.1 Å². The Morgan fingerprint density at radius 3 is 3.00 bits per heavy atom. The molecule has 0 radical (unpaired) electrons. The Balaban J connectivity index is 2.71. The summed E-state index contributed by atoms with van der Waals surface area (Å²) in [5.74, 6) is 0.250. The SMILES string of the molecule is O=C1COc2ccc(Br)c(O)c21. The van der Waals surface area contributed by atoms with E-state index >= 15 is 0 Å². The minimum Gasteiger partial charge on any atom is -0.506 e. The van der Waals surface area contributed by atoms with Gasteiger partial charge >= 0.3 is 0 Å². The zero-order valence-electron chi connectivity index (χ0n) is 6.00. The number of fused-ring (bicyclic) bond motifs is 1. The van der Waals surface area contributed by atoms with Gasteiger partial charge in [-0.15, -0.1) is 0 Å². The molecule has 62 valence electrons. The second-order valence-electron chi connectivity index (χ2n) is 2.48. The van der Waals surface area contributed by atoms with E-state index in [1.165, 1.54) is 0 Å². The third kappa shape index (κ3) is 0.914. The minimum absolute atomic E-state index is 0.0271. The van der Waals surface area contributed by atoms with Crippen LogP contribution in [0, 0.1) is 0 Å². The quantitative estimate of drug-likeness (QED) is 0.736. The molecule has 0 bridgehead atoms. The molecular formula is C8H5BrO3.